The van der Waals surface area contributed by atoms with Crippen molar-refractivity contribution in [2.24, 2.45) is 0 Å². The van der Waals surface area contributed by atoms with E-state index in [0.29, 0.717) is 0 Å². The van der Waals surface area contributed by atoms with E-state index in [1.165, 1.54) is 9.78 Å². The number of thiazole rings is 1. The van der Waals surface area contributed by atoms with Crippen molar-refractivity contribution in [1.82, 2.24) is 9.88 Å². The summed E-state index contributed by atoms with van der Waals surface area (Å²) in [5.41, 5.74) is 1.31. The molecule has 0 aliphatic carbocycles. The maximum absolute atomic E-state index is 4.41. The molecule has 0 saturated heterocycles. The van der Waals surface area contributed by atoms with Gasteiger partial charge in [-0.1, -0.05) is 6.08 Å². The summed E-state index contributed by atoms with van der Waals surface area (Å²) >= 11 is 3.52. The van der Waals surface area contributed by atoms with Gasteiger partial charge in [0.05, 0.1) is 10.4 Å². The van der Waals surface area contributed by atoms with Crippen LogP contribution in [0, 0.1) is 0 Å². The van der Waals surface area contributed by atoms with Gasteiger partial charge in [-0.05, 0) is 18.5 Å². The predicted molar refractivity (Wildman–Crippen MR) is 63.6 cm³/mol. The second-order valence-electron chi connectivity index (χ2n) is 3.14. The number of likely N-dealkylation sites (N-methyl/N-ethyl adjacent to an activating group) is 1. The molecule has 1 aliphatic heterocycles. The number of rotatable bonds is 2. The number of aromatic nitrogens is 1. The molecule has 0 radical (unpaired) electrons. The molecule has 1 aliphatic rings. The fourth-order valence-corrected chi connectivity index (χ4v) is 2.71. The lowest BCUT2D eigenvalue weighted by molar-refractivity contribution is 0.512. The van der Waals surface area contributed by atoms with Crippen molar-refractivity contribution in [2.45, 2.75) is 4.21 Å². The molecule has 4 heteroatoms. The minimum absolute atomic E-state index is 0.956. The summed E-state index contributed by atoms with van der Waals surface area (Å²) in [6.45, 7) is 0.956. The van der Waals surface area contributed by atoms with E-state index in [4.69, 9.17) is 0 Å². The Bertz CT molecular complexity index is 379. The largest absolute Gasteiger partial charge is 0.376 e. The third kappa shape index (κ3) is 2.01. The van der Waals surface area contributed by atoms with Crippen LogP contribution < -0.4 is 0 Å². The van der Waals surface area contributed by atoms with Crippen LogP contribution in [-0.2, 0) is 0 Å². The van der Waals surface area contributed by atoms with Gasteiger partial charge < -0.3 is 4.90 Å². The Morgan fingerprint density at radius 1 is 1.57 bits per heavy atom. The lowest BCUT2D eigenvalue weighted by Gasteiger charge is -2.18. The zero-order chi connectivity index (χ0) is 9.97. The number of allylic oxidation sites excluding steroid dienone is 2. The van der Waals surface area contributed by atoms with Gasteiger partial charge in [-0.2, -0.15) is 0 Å². The maximum atomic E-state index is 4.41. The predicted octanol–water partition coefficient (Wildman–Crippen LogP) is 2.71. The lowest BCUT2D eigenvalue weighted by Crippen LogP contribution is -2.15. The van der Waals surface area contributed by atoms with Crippen molar-refractivity contribution >= 4 is 28.7 Å². The highest BCUT2D eigenvalue weighted by molar-refractivity contribution is 8.00. The first-order valence-corrected chi connectivity index (χ1v) is 6.41. The minimum Gasteiger partial charge on any atom is -0.376 e. The Morgan fingerprint density at radius 3 is 3.07 bits per heavy atom. The van der Waals surface area contributed by atoms with Crippen molar-refractivity contribution in [3.63, 3.8) is 0 Å². The molecule has 2 heterocycles. The quantitative estimate of drug-likeness (QED) is 0.719. The topological polar surface area (TPSA) is 16.1 Å². The summed E-state index contributed by atoms with van der Waals surface area (Å²) in [6.07, 6.45) is 10.3. The van der Waals surface area contributed by atoms with Crippen LogP contribution >= 0.6 is 23.1 Å². The molecule has 0 unspecified atom stereocenters. The van der Waals surface area contributed by atoms with Gasteiger partial charge in [0.1, 0.15) is 5.01 Å². The highest BCUT2D eigenvalue weighted by Crippen LogP contribution is 2.28. The molecule has 14 heavy (non-hydrogen) atoms. The second-order valence-corrected chi connectivity index (χ2v) is 5.27. The molecular weight excluding hydrogens is 212 g/mol. The lowest BCUT2D eigenvalue weighted by atomic mass is 10.2. The summed E-state index contributed by atoms with van der Waals surface area (Å²) in [5, 5.41) is 1.14. The maximum Gasteiger partial charge on any atom is 0.122 e. The zero-order valence-corrected chi connectivity index (χ0v) is 9.86. The van der Waals surface area contributed by atoms with Crippen LogP contribution in [0.4, 0.5) is 0 Å². The van der Waals surface area contributed by atoms with Crippen LogP contribution in [-0.4, -0.2) is 29.7 Å². The standard InChI is InChI=1S/C10H12N2S2/c1-12-5-3-4-8(7-12)10-11-6-9(13-2)14-10/h3-6H,7H2,1-2H3. The number of hydrogen-bond donors (Lipinski definition) is 0. The third-order valence-electron chi connectivity index (χ3n) is 2.02. The Kier molecular flexibility index (Phi) is 2.93. The molecule has 0 saturated carbocycles. The summed E-state index contributed by atoms with van der Waals surface area (Å²) in [7, 11) is 2.08. The molecule has 1 aromatic rings. The smallest absolute Gasteiger partial charge is 0.122 e. The van der Waals surface area contributed by atoms with Gasteiger partial charge in [-0.25, -0.2) is 4.98 Å². The first-order chi connectivity index (χ1) is 6.79. The molecule has 0 N–H and O–H groups in total. The molecule has 0 aromatic carbocycles. The van der Waals surface area contributed by atoms with Gasteiger partial charge in [0.25, 0.3) is 0 Å². The normalized spacial score (nSPS) is 15.9. The molecule has 0 fully saturated rings. The van der Waals surface area contributed by atoms with Gasteiger partial charge in [-0.3, -0.25) is 0 Å². The average Bonchev–Trinajstić information content (AvgIpc) is 2.66. The first kappa shape index (κ1) is 9.80. The van der Waals surface area contributed by atoms with Gasteiger partial charge in [0.2, 0.25) is 0 Å². The molecule has 74 valence electrons. The first-order valence-electron chi connectivity index (χ1n) is 4.37. The third-order valence-corrected chi connectivity index (χ3v) is 4.14. The van der Waals surface area contributed by atoms with E-state index in [2.05, 4.69) is 41.5 Å². The summed E-state index contributed by atoms with van der Waals surface area (Å²) in [6, 6.07) is 0. The van der Waals surface area contributed by atoms with Crippen LogP contribution in [0.25, 0.3) is 5.57 Å². The van der Waals surface area contributed by atoms with E-state index >= 15 is 0 Å². The Hall–Kier alpha value is -0.740. The van der Waals surface area contributed by atoms with E-state index in [-0.39, 0.29) is 0 Å². The molecule has 2 nitrogen and oxygen atoms in total. The molecular formula is C10H12N2S2. The van der Waals surface area contributed by atoms with Crippen molar-refractivity contribution < 1.29 is 0 Å². The molecule has 2 rings (SSSR count). The van der Waals surface area contributed by atoms with Gasteiger partial charge in [0.15, 0.2) is 0 Å². The molecule has 0 bridgehead atoms. The van der Waals surface area contributed by atoms with Crippen molar-refractivity contribution in [1.29, 1.82) is 0 Å². The summed E-state index contributed by atoms with van der Waals surface area (Å²) in [5.74, 6) is 0. The Balaban J connectivity index is 2.22. The van der Waals surface area contributed by atoms with Crippen LogP contribution in [0.5, 0.6) is 0 Å². The molecule has 0 amide bonds. The molecule has 1 aromatic heterocycles. The van der Waals surface area contributed by atoms with Crippen LogP contribution in [0.2, 0.25) is 0 Å². The number of thioether (sulfide) groups is 1. The van der Waals surface area contributed by atoms with E-state index in [1.54, 1.807) is 23.1 Å². The zero-order valence-electron chi connectivity index (χ0n) is 8.23. The van der Waals surface area contributed by atoms with E-state index in [9.17, 15) is 0 Å². The minimum atomic E-state index is 0.956. The molecule has 0 atom stereocenters. The van der Waals surface area contributed by atoms with Crippen molar-refractivity contribution in [2.75, 3.05) is 19.8 Å². The highest BCUT2D eigenvalue weighted by atomic mass is 32.2. The van der Waals surface area contributed by atoms with Gasteiger partial charge in [-0.15, -0.1) is 23.1 Å². The van der Waals surface area contributed by atoms with Gasteiger partial charge in [0, 0.05) is 19.2 Å². The van der Waals surface area contributed by atoms with E-state index in [0.717, 1.165) is 11.6 Å². The van der Waals surface area contributed by atoms with Crippen LogP contribution in [0.1, 0.15) is 5.01 Å². The fourth-order valence-electron chi connectivity index (χ4n) is 1.32. The van der Waals surface area contributed by atoms with E-state index in [1.807, 2.05) is 6.20 Å². The van der Waals surface area contributed by atoms with Crippen molar-refractivity contribution in [3.8, 4) is 0 Å². The summed E-state index contributed by atoms with van der Waals surface area (Å²) < 4.78 is 1.28. The summed E-state index contributed by atoms with van der Waals surface area (Å²) in [4.78, 5) is 6.58. The second kappa shape index (κ2) is 4.19. The SMILES string of the molecule is CSc1cnc(C2=CC=CN(C)C2)s1. The van der Waals surface area contributed by atoms with Crippen LogP contribution in [0.3, 0.4) is 0 Å². The Morgan fingerprint density at radius 2 is 2.43 bits per heavy atom. The highest BCUT2D eigenvalue weighted by Gasteiger charge is 2.10. The fraction of sp³-hybridized carbons (Fsp3) is 0.300. The number of hydrogen-bond acceptors (Lipinski definition) is 4. The van der Waals surface area contributed by atoms with Crippen molar-refractivity contribution in [3.05, 3.63) is 29.6 Å². The monoisotopic (exact) mass is 224 g/mol. The number of nitrogens with zero attached hydrogens (tertiary/aromatic N) is 2. The Labute approximate surface area is 92.3 Å². The molecule has 0 spiro atoms. The van der Waals surface area contributed by atoms with Gasteiger partial charge >= 0.3 is 0 Å². The average molecular weight is 224 g/mol. The van der Waals surface area contributed by atoms with E-state index < -0.39 is 0 Å². The van der Waals surface area contributed by atoms with Crippen LogP contribution in [0.15, 0.2) is 28.8 Å².